The van der Waals surface area contributed by atoms with Crippen LogP contribution in [0.15, 0.2) is 27.1 Å². The van der Waals surface area contributed by atoms with Crippen molar-refractivity contribution < 1.29 is 4.42 Å². The molecule has 0 saturated heterocycles. The molecule has 1 fully saturated rings. The molecule has 1 aliphatic rings. The summed E-state index contributed by atoms with van der Waals surface area (Å²) in [5.41, 5.74) is 0.945. The lowest BCUT2D eigenvalue weighted by molar-refractivity contribution is 0.494. The Morgan fingerprint density at radius 1 is 1.37 bits per heavy atom. The molecular formula is C13H13BrIN3O. The molecule has 19 heavy (non-hydrogen) atoms. The first-order valence-electron chi connectivity index (χ1n) is 6.23. The van der Waals surface area contributed by atoms with E-state index in [0.29, 0.717) is 17.8 Å². The van der Waals surface area contributed by atoms with Crippen molar-refractivity contribution in [3.8, 4) is 11.5 Å². The van der Waals surface area contributed by atoms with Crippen LogP contribution < -0.4 is 5.32 Å². The normalized spacial score (nSPS) is 14.8. The fourth-order valence-electron chi connectivity index (χ4n) is 1.80. The molecule has 2 aromatic rings. The molecular weight excluding hydrogens is 421 g/mol. The maximum atomic E-state index is 5.71. The van der Waals surface area contributed by atoms with Crippen molar-refractivity contribution in [3.63, 3.8) is 0 Å². The van der Waals surface area contributed by atoms with E-state index in [-0.39, 0.29) is 0 Å². The molecule has 6 heteroatoms. The van der Waals surface area contributed by atoms with Crippen molar-refractivity contribution in [2.75, 3.05) is 6.54 Å². The van der Waals surface area contributed by atoms with Crippen molar-refractivity contribution in [1.82, 2.24) is 15.5 Å². The molecule has 1 aromatic carbocycles. The fourth-order valence-corrected chi connectivity index (χ4v) is 2.70. The van der Waals surface area contributed by atoms with Gasteiger partial charge in [-0.15, -0.1) is 10.2 Å². The van der Waals surface area contributed by atoms with E-state index in [4.69, 9.17) is 4.42 Å². The third-order valence-electron chi connectivity index (χ3n) is 2.97. The van der Waals surface area contributed by atoms with Crippen LogP contribution in [0.5, 0.6) is 0 Å². The van der Waals surface area contributed by atoms with Crippen LogP contribution in [0, 0.1) is 3.57 Å². The Hall–Kier alpha value is -0.470. The second-order valence-corrected chi connectivity index (χ2v) is 6.70. The molecule has 0 radical (unpaired) electrons. The van der Waals surface area contributed by atoms with E-state index >= 15 is 0 Å². The van der Waals surface area contributed by atoms with Gasteiger partial charge in [0.1, 0.15) is 0 Å². The highest BCUT2D eigenvalue weighted by molar-refractivity contribution is 14.1. The quantitative estimate of drug-likeness (QED) is 0.734. The molecule has 1 N–H and O–H groups in total. The van der Waals surface area contributed by atoms with Crippen LogP contribution in [0.2, 0.25) is 0 Å². The first-order chi connectivity index (χ1) is 9.22. The monoisotopic (exact) mass is 433 g/mol. The summed E-state index contributed by atoms with van der Waals surface area (Å²) in [5.74, 6) is 1.26. The van der Waals surface area contributed by atoms with Gasteiger partial charge in [0.25, 0.3) is 0 Å². The van der Waals surface area contributed by atoms with Gasteiger partial charge in [-0.1, -0.05) is 0 Å². The standard InChI is InChI=1S/C13H13BrIN3O/c14-11-4-1-8(15)7-10(11)13-18-17-12(19-13)5-6-16-9-2-3-9/h1,4,7,9,16H,2-3,5-6H2. The Kier molecular flexibility index (Phi) is 4.18. The van der Waals surface area contributed by atoms with Crippen LogP contribution in [0.25, 0.3) is 11.5 Å². The van der Waals surface area contributed by atoms with Gasteiger partial charge in [0.2, 0.25) is 11.8 Å². The largest absolute Gasteiger partial charge is 0.421 e. The van der Waals surface area contributed by atoms with Gasteiger partial charge < -0.3 is 9.73 Å². The Labute approximate surface area is 133 Å². The number of hydrogen-bond acceptors (Lipinski definition) is 4. The van der Waals surface area contributed by atoms with Crippen LogP contribution in [0.4, 0.5) is 0 Å². The zero-order valence-electron chi connectivity index (χ0n) is 10.2. The van der Waals surface area contributed by atoms with Gasteiger partial charge in [-0.25, -0.2) is 0 Å². The van der Waals surface area contributed by atoms with E-state index in [2.05, 4.69) is 54.0 Å². The highest BCUT2D eigenvalue weighted by atomic mass is 127. The Balaban J connectivity index is 1.70. The molecule has 1 saturated carbocycles. The second kappa shape index (κ2) is 5.88. The van der Waals surface area contributed by atoms with Gasteiger partial charge in [-0.3, -0.25) is 0 Å². The lowest BCUT2D eigenvalue weighted by Gasteiger charge is -2.00. The second-order valence-electron chi connectivity index (χ2n) is 4.60. The van der Waals surface area contributed by atoms with E-state index < -0.39 is 0 Å². The summed E-state index contributed by atoms with van der Waals surface area (Å²) in [6.45, 7) is 0.903. The highest BCUT2D eigenvalue weighted by Crippen LogP contribution is 2.28. The Morgan fingerprint density at radius 2 is 2.21 bits per heavy atom. The van der Waals surface area contributed by atoms with Gasteiger partial charge in [-0.2, -0.15) is 0 Å². The average Bonchev–Trinajstić information content (AvgIpc) is 3.10. The topological polar surface area (TPSA) is 51.0 Å². The SMILES string of the molecule is Brc1ccc(I)cc1-c1nnc(CCNC2CC2)o1. The predicted octanol–water partition coefficient (Wildman–Crippen LogP) is 3.40. The summed E-state index contributed by atoms with van der Waals surface area (Å²) < 4.78 is 7.83. The molecule has 4 nitrogen and oxygen atoms in total. The predicted molar refractivity (Wildman–Crippen MR) is 84.9 cm³/mol. The van der Waals surface area contributed by atoms with E-state index in [1.54, 1.807) is 0 Å². The molecule has 0 bridgehead atoms. The molecule has 1 aromatic heterocycles. The lowest BCUT2D eigenvalue weighted by Crippen LogP contribution is -2.19. The maximum absolute atomic E-state index is 5.71. The fraction of sp³-hybridized carbons (Fsp3) is 0.385. The average molecular weight is 434 g/mol. The summed E-state index contributed by atoms with van der Waals surface area (Å²) in [6.07, 6.45) is 3.38. The minimum Gasteiger partial charge on any atom is -0.421 e. The summed E-state index contributed by atoms with van der Waals surface area (Å²) in [5, 5.41) is 11.7. The molecule has 0 spiro atoms. The van der Waals surface area contributed by atoms with Crippen LogP contribution in [-0.4, -0.2) is 22.8 Å². The minimum atomic E-state index is 0.576. The highest BCUT2D eigenvalue weighted by Gasteiger charge is 2.20. The Bertz CT molecular complexity index is 583. The number of nitrogens with one attached hydrogen (secondary N) is 1. The van der Waals surface area contributed by atoms with Gasteiger partial charge >= 0.3 is 0 Å². The molecule has 100 valence electrons. The number of nitrogens with zero attached hydrogens (tertiary/aromatic N) is 2. The van der Waals surface area contributed by atoms with Crippen LogP contribution in [0.1, 0.15) is 18.7 Å². The summed E-state index contributed by atoms with van der Waals surface area (Å²) in [6, 6.07) is 6.78. The molecule has 0 unspecified atom stereocenters. The lowest BCUT2D eigenvalue weighted by atomic mass is 10.2. The van der Waals surface area contributed by atoms with E-state index in [1.165, 1.54) is 12.8 Å². The third kappa shape index (κ3) is 3.55. The first kappa shape index (κ1) is 13.5. The zero-order valence-corrected chi connectivity index (χ0v) is 13.9. The maximum Gasteiger partial charge on any atom is 0.248 e. The van der Waals surface area contributed by atoms with Crippen molar-refractivity contribution in [2.24, 2.45) is 0 Å². The summed E-state index contributed by atoms with van der Waals surface area (Å²) in [7, 11) is 0. The minimum absolute atomic E-state index is 0.576. The number of hydrogen-bond donors (Lipinski definition) is 1. The number of halogens is 2. The molecule has 1 heterocycles. The zero-order chi connectivity index (χ0) is 13.2. The first-order valence-corrected chi connectivity index (χ1v) is 8.11. The number of benzene rings is 1. The van der Waals surface area contributed by atoms with E-state index in [9.17, 15) is 0 Å². The molecule has 3 rings (SSSR count). The van der Waals surface area contributed by atoms with Crippen molar-refractivity contribution in [3.05, 3.63) is 32.1 Å². The van der Waals surface area contributed by atoms with Gasteiger partial charge in [0.15, 0.2) is 0 Å². The van der Waals surface area contributed by atoms with Crippen molar-refractivity contribution in [1.29, 1.82) is 0 Å². The number of aromatic nitrogens is 2. The van der Waals surface area contributed by atoms with Gasteiger partial charge in [0, 0.05) is 27.1 Å². The summed E-state index contributed by atoms with van der Waals surface area (Å²) in [4.78, 5) is 0. The van der Waals surface area contributed by atoms with Crippen LogP contribution >= 0.6 is 38.5 Å². The van der Waals surface area contributed by atoms with E-state index in [1.807, 2.05) is 18.2 Å². The third-order valence-corrected chi connectivity index (χ3v) is 4.34. The van der Waals surface area contributed by atoms with Crippen molar-refractivity contribution >= 4 is 38.5 Å². The Morgan fingerprint density at radius 3 is 3.00 bits per heavy atom. The van der Waals surface area contributed by atoms with Crippen LogP contribution in [-0.2, 0) is 6.42 Å². The molecule has 1 aliphatic carbocycles. The van der Waals surface area contributed by atoms with Crippen molar-refractivity contribution in [2.45, 2.75) is 25.3 Å². The molecule has 0 aliphatic heterocycles. The van der Waals surface area contributed by atoms with Gasteiger partial charge in [-0.05, 0) is 69.6 Å². The smallest absolute Gasteiger partial charge is 0.248 e. The van der Waals surface area contributed by atoms with Crippen LogP contribution in [0.3, 0.4) is 0 Å². The molecule has 0 amide bonds. The van der Waals surface area contributed by atoms with Gasteiger partial charge in [0.05, 0.1) is 5.56 Å². The summed E-state index contributed by atoms with van der Waals surface area (Å²) >= 11 is 5.78. The molecule has 0 atom stereocenters. The number of rotatable bonds is 5. The van der Waals surface area contributed by atoms with E-state index in [0.717, 1.165) is 26.6 Å².